The molecule has 1 aromatic heterocycles. The van der Waals surface area contributed by atoms with E-state index in [4.69, 9.17) is 27.9 Å². The molecule has 1 aromatic carbocycles. The molecule has 1 amide bonds. The fourth-order valence-corrected chi connectivity index (χ4v) is 3.08. The summed E-state index contributed by atoms with van der Waals surface area (Å²) < 4.78 is 7.63. The molecule has 5 nitrogen and oxygen atoms in total. The highest BCUT2D eigenvalue weighted by molar-refractivity contribution is 6.42. The minimum absolute atomic E-state index is 0.149. The van der Waals surface area contributed by atoms with Crippen LogP contribution < -0.4 is 0 Å². The van der Waals surface area contributed by atoms with E-state index in [9.17, 15) is 4.79 Å². The summed E-state index contributed by atoms with van der Waals surface area (Å²) in [5, 5.41) is 5.16. The summed E-state index contributed by atoms with van der Waals surface area (Å²) >= 11 is 12.0. The van der Waals surface area contributed by atoms with Gasteiger partial charge >= 0.3 is 0 Å². The van der Waals surface area contributed by atoms with E-state index in [1.54, 1.807) is 18.3 Å². The van der Waals surface area contributed by atoms with E-state index >= 15 is 0 Å². The average molecular weight is 368 g/mol. The molecule has 1 saturated heterocycles. The number of morpholine rings is 1. The molecular formula is C17H19Cl2N3O2. The molecule has 0 N–H and O–H groups in total. The lowest BCUT2D eigenvalue weighted by Crippen LogP contribution is -2.42. The molecule has 0 spiro atoms. The van der Waals surface area contributed by atoms with Crippen LogP contribution in [0.5, 0.6) is 0 Å². The van der Waals surface area contributed by atoms with Gasteiger partial charge in [0.1, 0.15) is 6.10 Å². The zero-order valence-electron chi connectivity index (χ0n) is 13.2. The van der Waals surface area contributed by atoms with Gasteiger partial charge in [0.05, 0.1) is 23.2 Å². The third-order valence-corrected chi connectivity index (χ3v) is 4.81. The van der Waals surface area contributed by atoms with Crippen molar-refractivity contribution in [1.29, 1.82) is 0 Å². The number of hydrogen-bond donors (Lipinski definition) is 0. The van der Waals surface area contributed by atoms with Crippen LogP contribution in [0.25, 0.3) is 0 Å². The molecule has 7 heteroatoms. The first-order valence-corrected chi connectivity index (χ1v) is 8.71. The van der Waals surface area contributed by atoms with Crippen LogP contribution >= 0.6 is 23.2 Å². The minimum atomic E-state index is -0.163. The zero-order chi connectivity index (χ0) is 16.9. The first-order chi connectivity index (χ1) is 11.6. The van der Waals surface area contributed by atoms with E-state index in [0.717, 1.165) is 18.5 Å². The van der Waals surface area contributed by atoms with Crippen LogP contribution in [0, 0.1) is 0 Å². The van der Waals surface area contributed by atoms with Crippen molar-refractivity contribution in [3.63, 3.8) is 0 Å². The largest absolute Gasteiger partial charge is 0.370 e. The fourth-order valence-electron chi connectivity index (χ4n) is 2.77. The predicted molar refractivity (Wildman–Crippen MR) is 93.2 cm³/mol. The molecule has 2 aromatic rings. The lowest BCUT2D eigenvalue weighted by molar-refractivity contribution is -0.139. The van der Waals surface area contributed by atoms with Crippen molar-refractivity contribution in [1.82, 2.24) is 14.7 Å². The standard InChI is InChI=1S/C17H19Cl2N3O2/c18-14-5-4-13(11-15(14)19)16-12-21(9-10-24-16)17(23)3-1-7-22-8-2-6-20-22/h2,4-6,8,11,16H,1,3,7,9-10,12H2/t16-/m1/s1. The Labute approximate surface area is 151 Å². The molecule has 0 bridgehead atoms. The minimum Gasteiger partial charge on any atom is -0.370 e. The molecule has 1 aliphatic heterocycles. The summed E-state index contributed by atoms with van der Waals surface area (Å²) in [5.74, 6) is 0.149. The van der Waals surface area contributed by atoms with Crippen molar-refractivity contribution in [2.45, 2.75) is 25.5 Å². The molecule has 1 atom stereocenters. The highest BCUT2D eigenvalue weighted by atomic mass is 35.5. The predicted octanol–water partition coefficient (Wildman–Crippen LogP) is 3.57. The Morgan fingerprint density at radius 3 is 2.96 bits per heavy atom. The Morgan fingerprint density at radius 1 is 1.33 bits per heavy atom. The number of halogens is 2. The SMILES string of the molecule is O=C(CCCn1cccn1)N1CCO[C@@H](c2ccc(Cl)c(Cl)c2)C1. The molecule has 2 heterocycles. The van der Waals surface area contributed by atoms with Gasteiger partial charge in [0.25, 0.3) is 0 Å². The summed E-state index contributed by atoms with van der Waals surface area (Å²) in [6, 6.07) is 7.34. The van der Waals surface area contributed by atoms with Crippen molar-refractivity contribution in [3.05, 3.63) is 52.3 Å². The molecule has 24 heavy (non-hydrogen) atoms. The van der Waals surface area contributed by atoms with E-state index in [1.807, 2.05) is 27.9 Å². The van der Waals surface area contributed by atoms with Gasteiger partial charge in [-0.15, -0.1) is 0 Å². The van der Waals surface area contributed by atoms with Crippen molar-refractivity contribution in [2.75, 3.05) is 19.7 Å². The van der Waals surface area contributed by atoms with Crippen LogP contribution in [0.15, 0.2) is 36.7 Å². The number of ether oxygens (including phenoxy) is 1. The number of aryl methyl sites for hydroxylation is 1. The van der Waals surface area contributed by atoms with Gasteiger partial charge in [0, 0.05) is 31.9 Å². The van der Waals surface area contributed by atoms with Gasteiger partial charge < -0.3 is 9.64 Å². The lowest BCUT2D eigenvalue weighted by Gasteiger charge is -2.33. The van der Waals surface area contributed by atoms with Crippen molar-refractivity contribution in [2.24, 2.45) is 0 Å². The first kappa shape index (κ1) is 17.3. The summed E-state index contributed by atoms with van der Waals surface area (Å²) in [6.45, 7) is 2.44. The van der Waals surface area contributed by atoms with E-state index < -0.39 is 0 Å². The maximum absolute atomic E-state index is 12.4. The summed E-state index contributed by atoms with van der Waals surface area (Å²) in [5.41, 5.74) is 0.943. The van der Waals surface area contributed by atoms with Crippen LogP contribution in [-0.2, 0) is 16.1 Å². The number of nitrogens with zero attached hydrogens (tertiary/aromatic N) is 3. The topological polar surface area (TPSA) is 47.4 Å². The lowest BCUT2D eigenvalue weighted by atomic mass is 10.1. The van der Waals surface area contributed by atoms with Gasteiger partial charge in [-0.05, 0) is 30.2 Å². The Bertz CT molecular complexity index is 691. The monoisotopic (exact) mass is 367 g/mol. The second kappa shape index (κ2) is 8.01. The second-order valence-electron chi connectivity index (χ2n) is 5.75. The summed E-state index contributed by atoms with van der Waals surface area (Å²) in [6.07, 6.45) is 4.76. The third-order valence-electron chi connectivity index (χ3n) is 4.07. The normalized spacial score (nSPS) is 17.9. The van der Waals surface area contributed by atoms with Crippen LogP contribution in [0.4, 0.5) is 0 Å². The average Bonchev–Trinajstić information content (AvgIpc) is 3.11. The number of benzene rings is 1. The highest BCUT2D eigenvalue weighted by Crippen LogP contribution is 2.29. The maximum Gasteiger partial charge on any atom is 0.222 e. The molecule has 1 aliphatic rings. The summed E-state index contributed by atoms with van der Waals surface area (Å²) in [4.78, 5) is 14.3. The van der Waals surface area contributed by atoms with Crippen LogP contribution in [0.3, 0.4) is 0 Å². The smallest absolute Gasteiger partial charge is 0.222 e. The van der Waals surface area contributed by atoms with Crippen molar-refractivity contribution >= 4 is 29.1 Å². The molecule has 0 saturated carbocycles. The zero-order valence-corrected chi connectivity index (χ0v) is 14.7. The van der Waals surface area contributed by atoms with Gasteiger partial charge in [0.2, 0.25) is 5.91 Å². The number of carbonyl (C=O) groups excluding carboxylic acids is 1. The first-order valence-electron chi connectivity index (χ1n) is 7.95. The van der Waals surface area contributed by atoms with Crippen molar-refractivity contribution < 1.29 is 9.53 Å². The second-order valence-corrected chi connectivity index (χ2v) is 6.56. The molecule has 3 rings (SSSR count). The highest BCUT2D eigenvalue weighted by Gasteiger charge is 2.25. The number of rotatable bonds is 5. The van der Waals surface area contributed by atoms with Crippen LogP contribution in [0.2, 0.25) is 10.0 Å². The molecule has 0 radical (unpaired) electrons. The van der Waals surface area contributed by atoms with E-state index in [1.165, 1.54) is 0 Å². The van der Waals surface area contributed by atoms with Gasteiger partial charge in [-0.1, -0.05) is 29.3 Å². The fraction of sp³-hybridized carbons (Fsp3) is 0.412. The molecule has 128 valence electrons. The molecule has 0 unspecified atom stereocenters. The molecule has 0 aliphatic carbocycles. The Morgan fingerprint density at radius 2 is 2.21 bits per heavy atom. The number of hydrogen-bond acceptors (Lipinski definition) is 3. The number of amides is 1. The Kier molecular flexibility index (Phi) is 5.76. The van der Waals surface area contributed by atoms with Gasteiger partial charge in [-0.2, -0.15) is 5.10 Å². The van der Waals surface area contributed by atoms with Crippen molar-refractivity contribution in [3.8, 4) is 0 Å². The Balaban J connectivity index is 1.54. The summed E-state index contributed by atoms with van der Waals surface area (Å²) in [7, 11) is 0. The van der Waals surface area contributed by atoms with E-state index in [2.05, 4.69) is 5.10 Å². The van der Waals surface area contributed by atoms with E-state index in [-0.39, 0.29) is 12.0 Å². The van der Waals surface area contributed by atoms with E-state index in [0.29, 0.717) is 36.2 Å². The number of aromatic nitrogens is 2. The quantitative estimate of drug-likeness (QED) is 0.811. The maximum atomic E-state index is 12.4. The Hall–Kier alpha value is -1.56. The van der Waals surface area contributed by atoms with Crippen LogP contribution in [-0.4, -0.2) is 40.3 Å². The molecule has 1 fully saturated rings. The van der Waals surface area contributed by atoms with Gasteiger partial charge in [-0.25, -0.2) is 0 Å². The van der Waals surface area contributed by atoms with Crippen LogP contribution in [0.1, 0.15) is 24.5 Å². The van der Waals surface area contributed by atoms with Gasteiger partial charge in [0.15, 0.2) is 0 Å². The number of carbonyl (C=O) groups is 1. The third kappa shape index (κ3) is 4.29. The molecular weight excluding hydrogens is 349 g/mol. The van der Waals surface area contributed by atoms with Gasteiger partial charge in [-0.3, -0.25) is 9.48 Å².